The molecule has 2 aromatic carbocycles. The van der Waals surface area contributed by atoms with Crippen LogP contribution in [0.25, 0.3) is 0 Å². The molecule has 0 heterocycles. The number of nitrogens with two attached hydrogens (primary N) is 1. The van der Waals surface area contributed by atoms with Gasteiger partial charge in [0, 0.05) is 10.0 Å². The number of halogens is 1. The van der Waals surface area contributed by atoms with Gasteiger partial charge >= 0.3 is 0 Å². The van der Waals surface area contributed by atoms with E-state index in [0.29, 0.717) is 6.54 Å². The first-order chi connectivity index (χ1) is 8.75. The summed E-state index contributed by atoms with van der Waals surface area (Å²) in [6, 6.07) is 18.0. The monoisotopic (exact) mass is 306 g/mol. The topological polar surface area (TPSA) is 36.8 Å². The van der Waals surface area contributed by atoms with Gasteiger partial charge in [-0.25, -0.2) is 0 Å². The summed E-state index contributed by atoms with van der Waals surface area (Å²) in [6.07, 6.45) is -0.404. The van der Waals surface area contributed by atoms with Gasteiger partial charge in [-0.1, -0.05) is 58.4 Å². The van der Waals surface area contributed by atoms with Crippen LogP contribution in [-0.4, -0.2) is 11.7 Å². The lowest BCUT2D eigenvalue weighted by Gasteiger charge is -2.09. The fourth-order valence-electron chi connectivity index (χ4n) is 1.88. The molecule has 0 saturated heterocycles. The molecular formula is C15H17BrNO+. The molecule has 2 nitrogen and oxygen atoms in total. The normalized spacial score (nSPS) is 12.3. The maximum absolute atomic E-state index is 10.0. The summed E-state index contributed by atoms with van der Waals surface area (Å²) < 4.78 is 1.09. The van der Waals surface area contributed by atoms with E-state index in [1.54, 1.807) is 0 Å². The summed E-state index contributed by atoms with van der Waals surface area (Å²) in [6.45, 7) is 1.56. The second-order valence-corrected chi connectivity index (χ2v) is 5.20. The van der Waals surface area contributed by atoms with Gasteiger partial charge in [0.1, 0.15) is 19.2 Å². The van der Waals surface area contributed by atoms with E-state index in [4.69, 9.17) is 0 Å². The minimum Gasteiger partial charge on any atom is -0.382 e. The van der Waals surface area contributed by atoms with Gasteiger partial charge in [-0.15, -0.1) is 0 Å². The highest BCUT2D eigenvalue weighted by Gasteiger charge is 2.08. The lowest BCUT2D eigenvalue weighted by Crippen LogP contribution is -2.83. The molecular weight excluding hydrogens is 290 g/mol. The highest BCUT2D eigenvalue weighted by molar-refractivity contribution is 9.10. The minimum atomic E-state index is -0.404. The van der Waals surface area contributed by atoms with E-state index < -0.39 is 6.10 Å². The van der Waals surface area contributed by atoms with Crippen molar-refractivity contribution >= 4 is 15.9 Å². The van der Waals surface area contributed by atoms with Crippen molar-refractivity contribution in [1.82, 2.24) is 0 Å². The van der Waals surface area contributed by atoms with Crippen molar-refractivity contribution in [3.8, 4) is 0 Å². The van der Waals surface area contributed by atoms with Crippen molar-refractivity contribution in [2.24, 2.45) is 0 Å². The van der Waals surface area contributed by atoms with Crippen LogP contribution >= 0.6 is 15.9 Å². The number of rotatable bonds is 5. The minimum absolute atomic E-state index is 0.404. The van der Waals surface area contributed by atoms with E-state index in [2.05, 4.69) is 33.4 Å². The SMILES string of the molecule is O[C@H](C[NH2+]Cc1cccc(Br)c1)c1ccccc1. The molecule has 1 atom stereocenters. The first-order valence-electron chi connectivity index (χ1n) is 6.05. The van der Waals surface area contributed by atoms with Crippen molar-refractivity contribution < 1.29 is 10.4 Å². The van der Waals surface area contributed by atoms with Crippen LogP contribution in [0, 0.1) is 0 Å². The number of hydrogen-bond donors (Lipinski definition) is 2. The van der Waals surface area contributed by atoms with Crippen molar-refractivity contribution in [1.29, 1.82) is 0 Å². The summed E-state index contributed by atoms with van der Waals surface area (Å²) in [5.74, 6) is 0. The van der Waals surface area contributed by atoms with Gasteiger partial charge in [0.2, 0.25) is 0 Å². The molecule has 0 fully saturated rings. The predicted molar refractivity (Wildman–Crippen MR) is 76.0 cm³/mol. The fraction of sp³-hybridized carbons (Fsp3) is 0.200. The van der Waals surface area contributed by atoms with E-state index in [-0.39, 0.29) is 0 Å². The third-order valence-corrected chi connectivity index (χ3v) is 3.34. The Morgan fingerprint density at radius 1 is 1.06 bits per heavy atom. The molecule has 18 heavy (non-hydrogen) atoms. The molecule has 0 radical (unpaired) electrons. The molecule has 0 bridgehead atoms. The average molecular weight is 307 g/mol. The molecule has 0 spiro atoms. The first kappa shape index (κ1) is 13.3. The van der Waals surface area contributed by atoms with Crippen LogP contribution in [0.15, 0.2) is 59.1 Å². The van der Waals surface area contributed by atoms with Gasteiger partial charge in [0.15, 0.2) is 0 Å². The van der Waals surface area contributed by atoms with Gasteiger partial charge in [0.25, 0.3) is 0 Å². The Balaban J connectivity index is 1.82. The Morgan fingerprint density at radius 2 is 1.83 bits per heavy atom. The van der Waals surface area contributed by atoms with E-state index >= 15 is 0 Å². The zero-order valence-electron chi connectivity index (χ0n) is 10.1. The maximum atomic E-state index is 10.0. The maximum Gasteiger partial charge on any atom is 0.128 e. The van der Waals surface area contributed by atoms with Crippen LogP contribution in [0.4, 0.5) is 0 Å². The zero-order chi connectivity index (χ0) is 12.8. The van der Waals surface area contributed by atoms with E-state index in [0.717, 1.165) is 16.6 Å². The Hall–Kier alpha value is -1.16. The highest BCUT2D eigenvalue weighted by atomic mass is 79.9. The number of quaternary nitrogens is 1. The Morgan fingerprint density at radius 3 is 2.56 bits per heavy atom. The fourth-order valence-corrected chi connectivity index (χ4v) is 2.33. The standard InChI is InChI=1S/C15H16BrNO/c16-14-8-4-5-12(9-14)10-17-11-15(18)13-6-2-1-3-7-13/h1-9,15,17-18H,10-11H2/p+1/t15-/m1/s1. The van der Waals surface area contributed by atoms with Crippen LogP contribution in [0.3, 0.4) is 0 Å². The Labute approximate surface area is 116 Å². The molecule has 0 aliphatic heterocycles. The number of hydrogen-bond acceptors (Lipinski definition) is 1. The van der Waals surface area contributed by atoms with E-state index in [9.17, 15) is 5.11 Å². The predicted octanol–water partition coefficient (Wildman–Crippen LogP) is 2.25. The van der Waals surface area contributed by atoms with Crippen molar-refractivity contribution in [3.63, 3.8) is 0 Å². The molecule has 3 N–H and O–H groups in total. The molecule has 0 aromatic heterocycles. The lowest BCUT2D eigenvalue weighted by atomic mass is 10.1. The van der Waals surface area contributed by atoms with Gasteiger partial charge in [-0.2, -0.15) is 0 Å². The van der Waals surface area contributed by atoms with Crippen molar-refractivity contribution in [3.05, 3.63) is 70.2 Å². The lowest BCUT2D eigenvalue weighted by molar-refractivity contribution is -0.677. The molecule has 0 amide bonds. The highest BCUT2D eigenvalue weighted by Crippen LogP contribution is 2.11. The smallest absolute Gasteiger partial charge is 0.128 e. The average Bonchev–Trinajstić information content (AvgIpc) is 2.40. The van der Waals surface area contributed by atoms with Crippen LogP contribution in [-0.2, 0) is 6.54 Å². The molecule has 2 aromatic rings. The third-order valence-electron chi connectivity index (χ3n) is 2.84. The summed E-state index contributed by atoms with van der Waals surface area (Å²) >= 11 is 3.46. The summed E-state index contributed by atoms with van der Waals surface area (Å²) in [4.78, 5) is 0. The van der Waals surface area contributed by atoms with Crippen LogP contribution in [0.2, 0.25) is 0 Å². The number of aliphatic hydroxyl groups excluding tert-OH is 1. The van der Waals surface area contributed by atoms with Gasteiger partial charge in [-0.3, -0.25) is 0 Å². The molecule has 0 aliphatic rings. The van der Waals surface area contributed by atoms with Crippen LogP contribution in [0.1, 0.15) is 17.2 Å². The van der Waals surface area contributed by atoms with Crippen molar-refractivity contribution in [2.75, 3.05) is 6.54 Å². The second kappa shape index (κ2) is 6.69. The molecule has 2 rings (SSSR count). The zero-order valence-corrected chi connectivity index (χ0v) is 11.7. The Kier molecular flexibility index (Phi) is 4.93. The van der Waals surface area contributed by atoms with Crippen LogP contribution in [0.5, 0.6) is 0 Å². The summed E-state index contributed by atoms with van der Waals surface area (Å²) in [5, 5.41) is 12.1. The van der Waals surface area contributed by atoms with Gasteiger partial charge in [-0.05, 0) is 17.7 Å². The molecule has 0 unspecified atom stereocenters. The summed E-state index contributed by atoms with van der Waals surface area (Å²) in [7, 11) is 0. The molecule has 0 saturated carbocycles. The summed E-state index contributed by atoms with van der Waals surface area (Å²) in [5.41, 5.74) is 2.23. The van der Waals surface area contributed by atoms with E-state index in [1.807, 2.05) is 42.5 Å². The number of benzene rings is 2. The Bertz CT molecular complexity index is 487. The van der Waals surface area contributed by atoms with Crippen molar-refractivity contribution in [2.45, 2.75) is 12.6 Å². The van der Waals surface area contributed by atoms with Crippen LogP contribution < -0.4 is 5.32 Å². The largest absolute Gasteiger partial charge is 0.382 e. The quantitative estimate of drug-likeness (QED) is 0.873. The second-order valence-electron chi connectivity index (χ2n) is 4.28. The van der Waals surface area contributed by atoms with Gasteiger partial charge in [0.05, 0.1) is 0 Å². The molecule has 3 heteroatoms. The third kappa shape index (κ3) is 3.95. The number of aliphatic hydroxyl groups is 1. The van der Waals surface area contributed by atoms with Gasteiger partial charge < -0.3 is 10.4 Å². The van der Waals surface area contributed by atoms with E-state index in [1.165, 1.54) is 5.56 Å². The molecule has 94 valence electrons. The molecule has 0 aliphatic carbocycles. The first-order valence-corrected chi connectivity index (χ1v) is 6.84.